The molecule has 29 heavy (non-hydrogen) atoms. The van der Waals surface area contributed by atoms with Crippen molar-refractivity contribution in [2.45, 2.75) is 38.5 Å². The van der Waals surface area contributed by atoms with E-state index >= 15 is 0 Å². The third-order valence-electron chi connectivity index (χ3n) is 6.31. The van der Waals surface area contributed by atoms with E-state index in [4.69, 9.17) is 9.72 Å². The minimum atomic E-state index is 0.117. The number of methoxy groups -OCH3 is 1. The third-order valence-corrected chi connectivity index (χ3v) is 6.31. The van der Waals surface area contributed by atoms with Crippen LogP contribution in [0, 0.1) is 6.92 Å². The number of pyridine rings is 1. The molecule has 2 aromatic rings. The molecule has 1 aromatic carbocycles. The van der Waals surface area contributed by atoms with Crippen molar-refractivity contribution in [1.29, 1.82) is 0 Å². The zero-order chi connectivity index (χ0) is 20.4. The number of hydrogen-bond donors (Lipinski definition) is 0. The number of Topliss-reactive ketones (excluding diaryl/α,β-unsaturated/α-hetero) is 1. The Hall–Kier alpha value is -2.47. The van der Waals surface area contributed by atoms with Crippen LogP contribution in [0.3, 0.4) is 0 Å². The third kappa shape index (κ3) is 4.27. The number of nitrogens with zero attached hydrogens (tertiary/aromatic N) is 3. The zero-order valence-electron chi connectivity index (χ0n) is 17.3. The first kappa shape index (κ1) is 19.8. The highest BCUT2D eigenvalue weighted by atomic mass is 16.5. The molecule has 3 heterocycles. The predicted molar refractivity (Wildman–Crippen MR) is 112 cm³/mol. The molecule has 2 aliphatic heterocycles. The molecule has 154 valence electrons. The van der Waals surface area contributed by atoms with E-state index < -0.39 is 0 Å². The number of aryl methyl sites for hydroxylation is 1. The van der Waals surface area contributed by atoms with Crippen LogP contribution in [0.4, 0.5) is 0 Å². The fourth-order valence-corrected chi connectivity index (χ4v) is 4.58. The zero-order valence-corrected chi connectivity index (χ0v) is 17.3. The van der Waals surface area contributed by atoms with Crippen molar-refractivity contribution in [3.8, 4) is 5.75 Å². The molecule has 0 bridgehead atoms. The van der Waals surface area contributed by atoms with Gasteiger partial charge in [-0.3, -0.25) is 19.5 Å². The van der Waals surface area contributed by atoms with Crippen LogP contribution in [-0.4, -0.2) is 66.3 Å². The first-order valence-corrected chi connectivity index (χ1v) is 10.5. The summed E-state index contributed by atoms with van der Waals surface area (Å²) in [6, 6.07) is 6.25. The van der Waals surface area contributed by atoms with Gasteiger partial charge in [0.2, 0.25) is 5.91 Å². The summed E-state index contributed by atoms with van der Waals surface area (Å²) in [6.45, 7) is 5.31. The summed E-state index contributed by atoms with van der Waals surface area (Å²) in [5, 5.41) is 2.33. The Kier molecular flexibility index (Phi) is 5.81. The normalized spacial score (nSPS) is 18.6. The van der Waals surface area contributed by atoms with Crippen molar-refractivity contribution in [3.05, 3.63) is 35.7 Å². The number of fused-ring (bicyclic) bond motifs is 1. The summed E-state index contributed by atoms with van der Waals surface area (Å²) in [7, 11) is 1.70. The van der Waals surface area contributed by atoms with Gasteiger partial charge in [-0.2, -0.15) is 0 Å². The molecule has 0 spiro atoms. The van der Waals surface area contributed by atoms with Gasteiger partial charge in [-0.15, -0.1) is 0 Å². The first-order valence-electron chi connectivity index (χ1n) is 10.5. The van der Waals surface area contributed by atoms with E-state index in [9.17, 15) is 9.59 Å². The van der Waals surface area contributed by atoms with Crippen molar-refractivity contribution in [1.82, 2.24) is 14.8 Å². The van der Waals surface area contributed by atoms with Crippen LogP contribution in [0.2, 0.25) is 0 Å². The van der Waals surface area contributed by atoms with Crippen molar-refractivity contribution in [2.24, 2.45) is 0 Å². The maximum absolute atomic E-state index is 12.3. The van der Waals surface area contributed by atoms with Crippen molar-refractivity contribution in [2.75, 3.05) is 39.8 Å². The van der Waals surface area contributed by atoms with Crippen molar-refractivity contribution < 1.29 is 14.3 Å². The molecular weight excluding hydrogens is 366 g/mol. The molecule has 1 amide bonds. The Morgan fingerprint density at radius 2 is 2.00 bits per heavy atom. The monoisotopic (exact) mass is 395 g/mol. The average Bonchev–Trinajstić information content (AvgIpc) is 3.13. The van der Waals surface area contributed by atoms with Gasteiger partial charge in [0.25, 0.3) is 0 Å². The van der Waals surface area contributed by atoms with Gasteiger partial charge in [-0.05, 0) is 68.4 Å². The largest absolute Gasteiger partial charge is 0.496 e. The number of aromatic nitrogens is 1. The predicted octanol–water partition coefficient (Wildman–Crippen LogP) is 2.92. The lowest BCUT2D eigenvalue weighted by molar-refractivity contribution is -0.132. The second kappa shape index (κ2) is 8.49. The highest BCUT2D eigenvalue weighted by Gasteiger charge is 2.26. The highest BCUT2D eigenvalue weighted by Crippen LogP contribution is 2.32. The molecule has 0 unspecified atom stereocenters. The lowest BCUT2D eigenvalue weighted by Crippen LogP contribution is -2.41. The van der Waals surface area contributed by atoms with E-state index in [-0.39, 0.29) is 18.2 Å². The summed E-state index contributed by atoms with van der Waals surface area (Å²) in [5.74, 6) is 1.58. The topological polar surface area (TPSA) is 62.7 Å². The summed E-state index contributed by atoms with van der Waals surface area (Å²) < 4.78 is 5.46. The number of carbonyl (C=O) groups is 2. The van der Waals surface area contributed by atoms with E-state index in [1.54, 1.807) is 12.0 Å². The van der Waals surface area contributed by atoms with Crippen LogP contribution < -0.4 is 4.74 Å². The van der Waals surface area contributed by atoms with Crippen LogP contribution >= 0.6 is 0 Å². The van der Waals surface area contributed by atoms with Gasteiger partial charge in [0.15, 0.2) is 5.78 Å². The number of piperidine rings is 1. The van der Waals surface area contributed by atoms with Gasteiger partial charge in [0.1, 0.15) is 5.75 Å². The minimum absolute atomic E-state index is 0.117. The number of amides is 1. The van der Waals surface area contributed by atoms with Crippen molar-refractivity contribution >= 4 is 22.5 Å². The molecule has 0 N–H and O–H groups in total. The van der Waals surface area contributed by atoms with Crippen LogP contribution in [0.1, 0.15) is 42.9 Å². The van der Waals surface area contributed by atoms with E-state index in [1.165, 1.54) is 5.39 Å². The maximum Gasteiger partial charge on any atom is 0.223 e. The summed E-state index contributed by atoms with van der Waals surface area (Å²) in [4.78, 5) is 32.7. The number of ether oxygens (including phenoxy) is 1. The summed E-state index contributed by atoms with van der Waals surface area (Å²) in [6.07, 6.45) is 5.42. The van der Waals surface area contributed by atoms with Gasteiger partial charge in [-0.1, -0.05) is 0 Å². The average molecular weight is 396 g/mol. The van der Waals surface area contributed by atoms with Gasteiger partial charge < -0.3 is 9.64 Å². The molecule has 0 atom stereocenters. The Morgan fingerprint density at radius 1 is 1.21 bits per heavy atom. The standard InChI is InChI=1S/C23H29N3O3/c1-16-20-12-21(24-13-18(20)5-6-22(16)29-2)17-7-10-25(11-8-17)14-19(27)15-26-9-3-4-23(26)28/h5-6,12-13,17H,3-4,7-11,14-15H2,1-2H3. The second-order valence-electron chi connectivity index (χ2n) is 8.23. The van der Waals surface area contributed by atoms with Gasteiger partial charge in [0, 0.05) is 36.2 Å². The van der Waals surface area contributed by atoms with E-state index in [0.717, 1.165) is 61.3 Å². The molecule has 4 rings (SSSR count). The Morgan fingerprint density at radius 3 is 2.69 bits per heavy atom. The SMILES string of the molecule is COc1ccc2cnc(C3CCN(CC(=O)CN4CCCC4=O)CC3)cc2c1C. The fraction of sp³-hybridized carbons (Fsp3) is 0.522. The van der Waals surface area contributed by atoms with E-state index in [0.29, 0.717) is 18.9 Å². The molecule has 2 saturated heterocycles. The lowest BCUT2D eigenvalue weighted by Gasteiger charge is -2.31. The molecule has 6 nitrogen and oxygen atoms in total. The van der Waals surface area contributed by atoms with E-state index in [1.807, 2.05) is 12.3 Å². The summed E-state index contributed by atoms with van der Waals surface area (Å²) in [5.41, 5.74) is 2.27. The lowest BCUT2D eigenvalue weighted by atomic mass is 9.91. The van der Waals surface area contributed by atoms with Crippen molar-refractivity contribution in [3.63, 3.8) is 0 Å². The number of ketones is 1. The quantitative estimate of drug-likeness (QED) is 0.753. The molecule has 0 saturated carbocycles. The van der Waals surface area contributed by atoms with Crippen LogP contribution in [0.5, 0.6) is 5.75 Å². The number of benzene rings is 1. The van der Waals surface area contributed by atoms with Gasteiger partial charge in [0.05, 0.1) is 20.2 Å². The van der Waals surface area contributed by atoms with Crippen LogP contribution in [0.25, 0.3) is 10.8 Å². The molecule has 0 aliphatic carbocycles. The smallest absolute Gasteiger partial charge is 0.223 e. The second-order valence-corrected chi connectivity index (χ2v) is 8.23. The Labute approximate surface area is 171 Å². The molecule has 6 heteroatoms. The van der Waals surface area contributed by atoms with Gasteiger partial charge in [-0.25, -0.2) is 0 Å². The summed E-state index contributed by atoms with van der Waals surface area (Å²) >= 11 is 0. The van der Waals surface area contributed by atoms with Crippen LogP contribution in [0.15, 0.2) is 24.4 Å². The number of carbonyl (C=O) groups excluding carboxylic acids is 2. The highest BCUT2D eigenvalue weighted by molar-refractivity contribution is 5.88. The number of rotatable bonds is 6. The minimum Gasteiger partial charge on any atom is -0.496 e. The van der Waals surface area contributed by atoms with Gasteiger partial charge >= 0.3 is 0 Å². The fourth-order valence-electron chi connectivity index (χ4n) is 4.58. The molecular formula is C23H29N3O3. The Bertz CT molecular complexity index is 919. The maximum atomic E-state index is 12.3. The van der Waals surface area contributed by atoms with E-state index in [2.05, 4.69) is 24.0 Å². The molecule has 0 radical (unpaired) electrons. The molecule has 1 aromatic heterocycles. The number of likely N-dealkylation sites (tertiary alicyclic amines) is 2. The number of hydrogen-bond acceptors (Lipinski definition) is 5. The Balaban J connectivity index is 1.36. The first-order chi connectivity index (χ1) is 14.0. The molecule has 2 fully saturated rings. The van der Waals surface area contributed by atoms with Crippen LogP contribution in [-0.2, 0) is 9.59 Å². The molecule has 2 aliphatic rings.